The Kier molecular flexibility index (Phi) is 9.36. The Morgan fingerprint density at radius 3 is 2.53 bits per heavy atom. The average Bonchev–Trinajstić information content (AvgIpc) is 3.42. The number of ether oxygens (including phenoxy) is 4. The van der Waals surface area contributed by atoms with Gasteiger partial charge in [0.25, 0.3) is 0 Å². The lowest BCUT2D eigenvalue weighted by molar-refractivity contribution is -0.316. The Morgan fingerprint density at radius 1 is 1.06 bits per heavy atom. The van der Waals surface area contributed by atoms with Crippen molar-refractivity contribution in [2.45, 2.75) is 101 Å². The summed E-state index contributed by atoms with van der Waals surface area (Å²) < 4.78 is 26.1. The largest absolute Gasteiger partial charge is 0.353 e. The van der Waals surface area contributed by atoms with E-state index in [1.165, 1.54) is 30.8 Å². The van der Waals surface area contributed by atoms with Crippen LogP contribution in [0.5, 0.6) is 0 Å². The second-order valence-corrected chi connectivity index (χ2v) is 13.7. The van der Waals surface area contributed by atoms with E-state index in [4.69, 9.17) is 18.9 Å². The summed E-state index contributed by atoms with van der Waals surface area (Å²) in [7, 11) is 0. The Labute approximate surface area is 204 Å². The number of thioether (sulfide) groups is 2. The molecule has 3 aliphatic heterocycles. The molecule has 1 aliphatic carbocycles. The zero-order valence-electron chi connectivity index (χ0n) is 20.4. The molecular weight excluding hydrogens is 440 g/mol. The van der Waals surface area contributed by atoms with E-state index in [-0.39, 0.29) is 23.6 Å². The minimum absolute atomic E-state index is 0.0284. The first kappa shape index (κ1) is 25.4. The van der Waals surface area contributed by atoms with Crippen molar-refractivity contribution in [1.29, 1.82) is 0 Å². The molecule has 1 saturated carbocycles. The Bertz CT molecular complexity index is 589. The monoisotopic (exact) mass is 484 g/mol. The molecule has 0 aromatic carbocycles. The molecule has 6 heteroatoms. The highest BCUT2D eigenvalue weighted by molar-refractivity contribution is 8.20. The van der Waals surface area contributed by atoms with Crippen molar-refractivity contribution in [2.24, 2.45) is 17.3 Å². The molecule has 32 heavy (non-hydrogen) atoms. The van der Waals surface area contributed by atoms with Crippen LogP contribution in [0.15, 0.2) is 12.2 Å². The Morgan fingerprint density at radius 2 is 1.84 bits per heavy atom. The fraction of sp³-hybridized carbons (Fsp3) is 0.923. The highest BCUT2D eigenvalue weighted by Gasteiger charge is 2.52. The number of allylic oxidation sites excluding steroid dienone is 1. The second-order valence-electron chi connectivity index (χ2n) is 10.8. The molecule has 0 radical (unpaired) electrons. The topological polar surface area (TPSA) is 36.9 Å². The maximum absolute atomic E-state index is 6.55. The molecule has 0 aromatic rings. The van der Waals surface area contributed by atoms with Crippen LogP contribution >= 0.6 is 23.5 Å². The lowest BCUT2D eigenvalue weighted by atomic mass is 9.86. The zero-order chi connectivity index (χ0) is 22.4. The molecule has 3 heterocycles. The van der Waals surface area contributed by atoms with E-state index >= 15 is 0 Å². The summed E-state index contributed by atoms with van der Waals surface area (Å²) in [6.45, 7) is 9.16. The maximum Gasteiger partial charge on any atom is 0.171 e. The summed E-state index contributed by atoms with van der Waals surface area (Å²) in [6.07, 6.45) is 15.1. The van der Waals surface area contributed by atoms with Gasteiger partial charge in [-0.3, -0.25) is 0 Å². The molecule has 0 bridgehead atoms. The van der Waals surface area contributed by atoms with Crippen LogP contribution in [-0.2, 0) is 18.9 Å². The fourth-order valence-corrected chi connectivity index (χ4v) is 8.35. The summed E-state index contributed by atoms with van der Waals surface area (Å²) in [5, 5.41) is 0. The SMILES string of the molecule is CCCC(C=C[C@H]1CCC2(OCC(C)(C)CO2)[C@@H]1CCC1SCCS1)OC1CCCCO1. The molecule has 4 rings (SSSR count). The van der Waals surface area contributed by atoms with Crippen molar-refractivity contribution in [3.05, 3.63) is 12.2 Å². The van der Waals surface area contributed by atoms with Crippen molar-refractivity contribution in [3.63, 3.8) is 0 Å². The molecule has 0 N–H and O–H groups in total. The molecule has 4 fully saturated rings. The molecule has 0 aromatic heterocycles. The summed E-state index contributed by atoms with van der Waals surface area (Å²) >= 11 is 4.27. The van der Waals surface area contributed by atoms with Gasteiger partial charge in [-0.05, 0) is 50.9 Å². The molecule has 1 spiro atoms. The third-order valence-corrected chi connectivity index (χ3v) is 10.5. The molecule has 3 saturated heterocycles. The molecule has 0 amide bonds. The van der Waals surface area contributed by atoms with Gasteiger partial charge in [0.1, 0.15) is 0 Å². The first-order chi connectivity index (χ1) is 15.5. The van der Waals surface area contributed by atoms with Gasteiger partial charge in [0, 0.05) is 35.9 Å². The third kappa shape index (κ3) is 6.69. The summed E-state index contributed by atoms with van der Waals surface area (Å²) in [4.78, 5) is 0. The van der Waals surface area contributed by atoms with Gasteiger partial charge in [-0.1, -0.05) is 39.3 Å². The molecule has 4 aliphatic rings. The van der Waals surface area contributed by atoms with Crippen LogP contribution in [0.1, 0.15) is 78.6 Å². The van der Waals surface area contributed by atoms with Gasteiger partial charge in [0.05, 0.1) is 23.9 Å². The van der Waals surface area contributed by atoms with Crippen LogP contribution in [0, 0.1) is 17.3 Å². The second kappa shape index (κ2) is 11.8. The van der Waals surface area contributed by atoms with Gasteiger partial charge in [-0.25, -0.2) is 0 Å². The van der Waals surface area contributed by atoms with Crippen molar-refractivity contribution in [1.82, 2.24) is 0 Å². The first-order valence-corrected chi connectivity index (χ1v) is 15.1. The van der Waals surface area contributed by atoms with E-state index in [1.54, 1.807) is 0 Å². The number of rotatable bonds is 9. The highest BCUT2D eigenvalue weighted by Crippen LogP contribution is 2.51. The Balaban J connectivity index is 1.42. The quantitative estimate of drug-likeness (QED) is 0.342. The molecule has 184 valence electrons. The normalized spacial score (nSPS) is 33.9. The highest BCUT2D eigenvalue weighted by atomic mass is 32.2. The average molecular weight is 485 g/mol. The van der Waals surface area contributed by atoms with Crippen molar-refractivity contribution >= 4 is 23.5 Å². The third-order valence-electron chi connectivity index (χ3n) is 7.34. The van der Waals surface area contributed by atoms with E-state index in [1.807, 2.05) is 0 Å². The minimum atomic E-state index is -0.383. The van der Waals surface area contributed by atoms with Gasteiger partial charge >= 0.3 is 0 Å². The first-order valence-electron chi connectivity index (χ1n) is 13.0. The fourth-order valence-electron chi connectivity index (χ4n) is 5.49. The van der Waals surface area contributed by atoms with E-state index in [0.29, 0.717) is 11.8 Å². The number of hydrogen-bond acceptors (Lipinski definition) is 6. The van der Waals surface area contributed by atoms with Gasteiger partial charge in [-0.15, -0.1) is 23.5 Å². The van der Waals surface area contributed by atoms with Gasteiger partial charge < -0.3 is 18.9 Å². The molecule has 2 unspecified atom stereocenters. The van der Waals surface area contributed by atoms with E-state index < -0.39 is 0 Å². The summed E-state index contributed by atoms with van der Waals surface area (Å²) in [6, 6.07) is 0. The van der Waals surface area contributed by atoms with Crippen LogP contribution in [0.4, 0.5) is 0 Å². The lowest BCUT2D eigenvalue weighted by Crippen LogP contribution is -2.50. The van der Waals surface area contributed by atoms with E-state index in [0.717, 1.165) is 62.9 Å². The van der Waals surface area contributed by atoms with Crippen molar-refractivity contribution in [2.75, 3.05) is 31.3 Å². The van der Waals surface area contributed by atoms with Gasteiger partial charge in [0.15, 0.2) is 12.1 Å². The van der Waals surface area contributed by atoms with Crippen LogP contribution in [0.2, 0.25) is 0 Å². The van der Waals surface area contributed by atoms with Crippen LogP contribution < -0.4 is 0 Å². The van der Waals surface area contributed by atoms with E-state index in [2.05, 4.69) is 56.4 Å². The van der Waals surface area contributed by atoms with Crippen LogP contribution in [0.25, 0.3) is 0 Å². The maximum atomic E-state index is 6.55. The van der Waals surface area contributed by atoms with Gasteiger partial charge in [0.2, 0.25) is 0 Å². The predicted octanol–water partition coefficient (Wildman–Crippen LogP) is 6.64. The zero-order valence-corrected chi connectivity index (χ0v) is 22.0. The van der Waals surface area contributed by atoms with E-state index in [9.17, 15) is 0 Å². The minimum Gasteiger partial charge on any atom is -0.353 e. The Hall–Kier alpha value is 0.280. The van der Waals surface area contributed by atoms with Crippen molar-refractivity contribution in [3.8, 4) is 0 Å². The van der Waals surface area contributed by atoms with Crippen LogP contribution in [-0.4, -0.2) is 54.1 Å². The lowest BCUT2D eigenvalue weighted by Gasteiger charge is -2.45. The molecule has 4 nitrogen and oxygen atoms in total. The standard InChI is InChI=1S/C26H44O4S2/c1-4-7-21(30-23-8-5-6-15-27-23)10-9-20-13-14-26(28-18-25(2,3)19-29-26)22(20)11-12-24-31-16-17-32-24/h9-10,20-24H,4-8,11-19H2,1-3H3/t20-,21?,22+,23?/m0/s1. The summed E-state index contributed by atoms with van der Waals surface area (Å²) in [5.74, 6) is 3.16. The predicted molar refractivity (Wildman–Crippen MR) is 135 cm³/mol. The molecular formula is C26H44O4S2. The smallest absolute Gasteiger partial charge is 0.171 e. The summed E-state index contributed by atoms with van der Waals surface area (Å²) in [5.41, 5.74) is 0.112. The van der Waals surface area contributed by atoms with Gasteiger partial charge in [-0.2, -0.15) is 0 Å². The van der Waals surface area contributed by atoms with Crippen molar-refractivity contribution < 1.29 is 18.9 Å². The molecule has 4 atom stereocenters. The number of hydrogen-bond donors (Lipinski definition) is 0. The van der Waals surface area contributed by atoms with Crippen LogP contribution in [0.3, 0.4) is 0 Å².